The largest absolute Gasteiger partial charge is 0.497 e. The molecule has 1 aliphatic rings. The van der Waals surface area contributed by atoms with Crippen LogP contribution in [0.3, 0.4) is 0 Å². The molecule has 0 saturated carbocycles. The number of benzene rings is 2. The van der Waals surface area contributed by atoms with Crippen molar-refractivity contribution in [3.8, 4) is 11.5 Å². The Balaban J connectivity index is 1.63. The Kier molecular flexibility index (Phi) is 7.76. The second-order valence-electron chi connectivity index (χ2n) is 9.10. The maximum atomic E-state index is 13.8. The van der Waals surface area contributed by atoms with Gasteiger partial charge < -0.3 is 19.3 Å². The van der Waals surface area contributed by atoms with Crippen molar-refractivity contribution in [2.45, 2.75) is 26.3 Å². The fourth-order valence-electron chi connectivity index (χ4n) is 4.64. The maximum Gasteiger partial charge on any atom is 0.258 e. The summed E-state index contributed by atoms with van der Waals surface area (Å²) in [7, 11) is 3.10. The van der Waals surface area contributed by atoms with E-state index >= 15 is 0 Å². The summed E-state index contributed by atoms with van der Waals surface area (Å²) in [5, 5.41) is 2.10. The van der Waals surface area contributed by atoms with E-state index in [2.05, 4.69) is 23.6 Å². The van der Waals surface area contributed by atoms with Crippen molar-refractivity contribution in [2.24, 2.45) is 5.92 Å². The minimum atomic E-state index is -0.226. The molecule has 1 aliphatic heterocycles. The van der Waals surface area contributed by atoms with Gasteiger partial charge in [0.15, 0.2) is 0 Å². The van der Waals surface area contributed by atoms with Gasteiger partial charge in [-0.05, 0) is 47.0 Å². The third kappa shape index (κ3) is 5.35. The predicted molar refractivity (Wildman–Crippen MR) is 138 cm³/mol. The fourth-order valence-corrected chi connectivity index (χ4v) is 5.54. The van der Waals surface area contributed by atoms with Crippen molar-refractivity contribution >= 4 is 23.2 Å². The fraction of sp³-hybridized carbons (Fsp3) is 0.357. The van der Waals surface area contributed by atoms with E-state index in [4.69, 9.17) is 9.47 Å². The lowest BCUT2D eigenvalue weighted by atomic mass is 9.93. The van der Waals surface area contributed by atoms with Gasteiger partial charge in [-0.1, -0.05) is 44.2 Å². The number of amides is 2. The lowest BCUT2D eigenvalue weighted by Crippen LogP contribution is -2.47. The van der Waals surface area contributed by atoms with Crippen molar-refractivity contribution in [2.75, 3.05) is 33.9 Å². The number of hydrogen-bond acceptors (Lipinski definition) is 5. The zero-order valence-electron chi connectivity index (χ0n) is 20.7. The molecule has 2 heterocycles. The summed E-state index contributed by atoms with van der Waals surface area (Å²) in [5.41, 5.74) is 2.68. The molecule has 2 amide bonds. The molecule has 7 heteroatoms. The highest BCUT2D eigenvalue weighted by molar-refractivity contribution is 7.10. The van der Waals surface area contributed by atoms with E-state index in [0.29, 0.717) is 30.2 Å². The first kappa shape index (κ1) is 24.8. The van der Waals surface area contributed by atoms with Gasteiger partial charge in [-0.3, -0.25) is 9.59 Å². The Labute approximate surface area is 211 Å². The number of methoxy groups -OCH3 is 2. The van der Waals surface area contributed by atoms with Crippen LogP contribution in [-0.4, -0.2) is 55.5 Å². The van der Waals surface area contributed by atoms with Crippen LogP contribution >= 0.6 is 11.3 Å². The van der Waals surface area contributed by atoms with Crippen molar-refractivity contribution in [3.05, 3.63) is 81.5 Å². The van der Waals surface area contributed by atoms with Crippen LogP contribution in [-0.2, 0) is 11.2 Å². The normalized spacial score (nSPS) is 15.0. The summed E-state index contributed by atoms with van der Waals surface area (Å²) in [4.78, 5) is 32.3. The summed E-state index contributed by atoms with van der Waals surface area (Å²) < 4.78 is 10.7. The van der Waals surface area contributed by atoms with Crippen LogP contribution in [0.15, 0.2) is 60.0 Å². The highest BCUT2D eigenvalue weighted by Crippen LogP contribution is 2.38. The average Bonchev–Trinajstić information content (AvgIpc) is 3.36. The number of fused-ring (bicyclic) bond motifs is 1. The molecule has 0 saturated heterocycles. The molecule has 0 spiro atoms. The van der Waals surface area contributed by atoms with Gasteiger partial charge in [0, 0.05) is 24.0 Å². The van der Waals surface area contributed by atoms with E-state index in [1.165, 1.54) is 17.6 Å². The van der Waals surface area contributed by atoms with Crippen molar-refractivity contribution in [1.29, 1.82) is 0 Å². The van der Waals surface area contributed by atoms with Crippen LogP contribution in [0, 0.1) is 5.92 Å². The number of thiophene rings is 1. The first-order chi connectivity index (χ1) is 16.9. The summed E-state index contributed by atoms with van der Waals surface area (Å²) in [6.45, 7) is 5.19. The van der Waals surface area contributed by atoms with E-state index < -0.39 is 0 Å². The van der Waals surface area contributed by atoms with Crippen LogP contribution in [0.5, 0.6) is 11.5 Å². The summed E-state index contributed by atoms with van der Waals surface area (Å²) >= 11 is 1.74. The van der Waals surface area contributed by atoms with Crippen LogP contribution in [0.2, 0.25) is 0 Å². The second-order valence-corrected chi connectivity index (χ2v) is 10.1. The minimum absolute atomic E-state index is 0.00893. The van der Waals surface area contributed by atoms with Gasteiger partial charge >= 0.3 is 0 Å². The van der Waals surface area contributed by atoms with Gasteiger partial charge in [-0.15, -0.1) is 11.3 Å². The summed E-state index contributed by atoms with van der Waals surface area (Å²) in [6.07, 6.45) is 0.826. The molecule has 0 fully saturated rings. The van der Waals surface area contributed by atoms with E-state index in [1.807, 2.05) is 36.9 Å². The number of nitrogens with zero attached hydrogens (tertiary/aromatic N) is 2. The molecule has 4 rings (SSSR count). The third-order valence-corrected chi connectivity index (χ3v) is 7.24. The molecule has 35 heavy (non-hydrogen) atoms. The zero-order chi connectivity index (χ0) is 24.9. The van der Waals surface area contributed by atoms with Crippen molar-refractivity contribution in [3.63, 3.8) is 0 Å². The predicted octanol–water partition coefficient (Wildman–Crippen LogP) is 5.04. The van der Waals surface area contributed by atoms with Crippen molar-refractivity contribution in [1.82, 2.24) is 9.80 Å². The van der Waals surface area contributed by atoms with E-state index in [-0.39, 0.29) is 30.3 Å². The Morgan fingerprint density at radius 1 is 1.09 bits per heavy atom. The van der Waals surface area contributed by atoms with E-state index in [9.17, 15) is 9.59 Å². The Bertz CT molecular complexity index is 1170. The maximum absolute atomic E-state index is 13.8. The standard InChI is InChI=1S/C28H32N2O4S/c1-19(2)17-29(28(32)22-11-10-21(33-3)16-24(22)34-4)18-26(31)30-14-12-25-23(13-15-35-25)27(30)20-8-6-5-7-9-20/h5-11,13,15-16,19,27H,12,14,17-18H2,1-4H3. The van der Waals surface area contributed by atoms with Gasteiger partial charge in [0.25, 0.3) is 5.91 Å². The smallest absolute Gasteiger partial charge is 0.258 e. The topological polar surface area (TPSA) is 59.1 Å². The van der Waals surface area contributed by atoms with Gasteiger partial charge in [0.05, 0.1) is 25.8 Å². The molecule has 1 aromatic heterocycles. The zero-order valence-corrected chi connectivity index (χ0v) is 21.5. The van der Waals surface area contributed by atoms with E-state index in [0.717, 1.165) is 12.0 Å². The number of carbonyl (C=O) groups excluding carboxylic acids is 2. The highest BCUT2D eigenvalue weighted by atomic mass is 32.1. The molecular formula is C28H32N2O4S. The molecule has 0 N–H and O–H groups in total. The number of carbonyl (C=O) groups is 2. The SMILES string of the molecule is COc1ccc(C(=O)N(CC(=O)N2CCc3sccc3C2c2ccccc2)CC(C)C)c(OC)c1. The van der Waals surface area contributed by atoms with Gasteiger partial charge in [0.1, 0.15) is 18.0 Å². The molecule has 0 aliphatic carbocycles. The Morgan fingerprint density at radius 2 is 1.86 bits per heavy atom. The van der Waals surface area contributed by atoms with Crippen LogP contribution < -0.4 is 9.47 Å². The van der Waals surface area contributed by atoms with Crippen LogP contribution in [0.25, 0.3) is 0 Å². The average molecular weight is 493 g/mol. The van der Waals surface area contributed by atoms with Gasteiger partial charge in [0.2, 0.25) is 5.91 Å². The first-order valence-electron chi connectivity index (χ1n) is 11.8. The first-order valence-corrected chi connectivity index (χ1v) is 12.7. The van der Waals surface area contributed by atoms with Gasteiger partial charge in [-0.2, -0.15) is 0 Å². The Hall–Kier alpha value is -3.32. The quantitative estimate of drug-likeness (QED) is 0.442. The molecule has 0 radical (unpaired) electrons. The summed E-state index contributed by atoms with van der Waals surface area (Å²) in [5.74, 6) is 0.952. The molecule has 184 valence electrons. The molecule has 6 nitrogen and oxygen atoms in total. The lowest BCUT2D eigenvalue weighted by molar-refractivity contribution is -0.134. The molecule has 1 unspecified atom stereocenters. The minimum Gasteiger partial charge on any atom is -0.497 e. The van der Waals surface area contributed by atoms with Crippen LogP contribution in [0.1, 0.15) is 46.3 Å². The van der Waals surface area contributed by atoms with Gasteiger partial charge in [-0.25, -0.2) is 0 Å². The molecular weight excluding hydrogens is 460 g/mol. The molecule has 1 atom stereocenters. The number of ether oxygens (including phenoxy) is 2. The summed E-state index contributed by atoms with van der Waals surface area (Å²) in [6, 6.07) is 17.2. The monoisotopic (exact) mass is 492 g/mol. The lowest BCUT2D eigenvalue weighted by Gasteiger charge is -2.38. The molecule has 3 aromatic rings. The van der Waals surface area contributed by atoms with Crippen LogP contribution in [0.4, 0.5) is 0 Å². The number of hydrogen-bond donors (Lipinski definition) is 0. The number of rotatable bonds is 8. The molecule has 2 aromatic carbocycles. The highest BCUT2D eigenvalue weighted by Gasteiger charge is 2.34. The van der Waals surface area contributed by atoms with E-state index in [1.54, 1.807) is 41.5 Å². The second kappa shape index (κ2) is 11.0. The third-order valence-electron chi connectivity index (χ3n) is 6.24. The Morgan fingerprint density at radius 3 is 2.54 bits per heavy atom. The van der Waals surface area contributed by atoms with Crippen molar-refractivity contribution < 1.29 is 19.1 Å². The molecule has 0 bridgehead atoms.